The molecule has 25 heavy (non-hydrogen) atoms. The SMILES string of the molecule is O=Cc1cc2ccccc2nc1Sc1n[nH]c(-c2ccc(O)cc2)n1. The highest BCUT2D eigenvalue weighted by Crippen LogP contribution is 2.29. The smallest absolute Gasteiger partial charge is 0.215 e. The molecule has 6 nitrogen and oxygen atoms in total. The highest BCUT2D eigenvalue weighted by Gasteiger charge is 2.12. The Bertz CT molecular complexity index is 1060. The van der Waals surface area contributed by atoms with Gasteiger partial charge in [0.15, 0.2) is 12.1 Å². The molecule has 4 aromatic rings. The Morgan fingerprint density at radius 3 is 2.64 bits per heavy atom. The molecule has 0 saturated heterocycles. The number of carbonyl (C=O) groups excluding carboxylic acids is 1. The van der Waals surface area contributed by atoms with Crippen molar-refractivity contribution < 1.29 is 9.90 Å². The van der Waals surface area contributed by atoms with E-state index in [1.165, 1.54) is 11.8 Å². The number of aromatic amines is 1. The first kappa shape index (κ1) is 15.3. The molecule has 0 bridgehead atoms. The van der Waals surface area contributed by atoms with Crippen LogP contribution in [0.15, 0.2) is 64.8 Å². The van der Waals surface area contributed by atoms with Crippen LogP contribution in [-0.4, -0.2) is 31.6 Å². The number of aromatic hydroxyl groups is 1. The number of benzene rings is 2. The second kappa shape index (κ2) is 6.37. The van der Waals surface area contributed by atoms with Crippen molar-refractivity contribution in [1.82, 2.24) is 20.2 Å². The Morgan fingerprint density at radius 2 is 1.84 bits per heavy atom. The number of rotatable bonds is 4. The predicted octanol–water partition coefficient (Wildman–Crippen LogP) is 3.69. The molecule has 0 aliphatic heterocycles. The van der Waals surface area contributed by atoms with Crippen molar-refractivity contribution in [2.24, 2.45) is 0 Å². The fourth-order valence-corrected chi connectivity index (χ4v) is 3.18. The van der Waals surface area contributed by atoms with Gasteiger partial charge in [0.25, 0.3) is 0 Å². The Hall–Kier alpha value is -3.19. The van der Waals surface area contributed by atoms with Gasteiger partial charge in [-0.25, -0.2) is 9.97 Å². The molecular weight excluding hydrogens is 336 g/mol. The summed E-state index contributed by atoms with van der Waals surface area (Å²) in [6, 6.07) is 16.1. The Morgan fingerprint density at radius 1 is 1.04 bits per heavy atom. The summed E-state index contributed by atoms with van der Waals surface area (Å²) in [6.07, 6.45) is 0.787. The predicted molar refractivity (Wildman–Crippen MR) is 94.7 cm³/mol. The van der Waals surface area contributed by atoms with Gasteiger partial charge in [-0.15, -0.1) is 5.10 Å². The van der Waals surface area contributed by atoms with E-state index in [0.717, 1.165) is 22.8 Å². The summed E-state index contributed by atoms with van der Waals surface area (Å²) in [5.41, 5.74) is 2.11. The number of pyridine rings is 1. The van der Waals surface area contributed by atoms with Crippen molar-refractivity contribution in [3.8, 4) is 17.1 Å². The molecule has 0 aliphatic carbocycles. The van der Waals surface area contributed by atoms with Gasteiger partial charge in [-0.05, 0) is 48.2 Å². The quantitative estimate of drug-likeness (QED) is 0.547. The van der Waals surface area contributed by atoms with E-state index in [9.17, 15) is 9.90 Å². The summed E-state index contributed by atoms with van der Waals surface area (Å²) in [7, 11) is 0. The lowest BCUT2D eigenvalue weighted by Gasteiger charge is -2.03. The lowest BCUT2D eigenvalue weighted by molar-refractivity contribution is 0.112. The normalized spacial score (nSPS) is 10.9. The van der Waals surface area contributed by atoms with Crippen LogP contribution in [0.1, 0.15) is 10.4 Å². The third-order valence-electron chi connectivity index (χ3n) is 3.64. The molecule has 0 aliphatic rings. The van der Waals surface area contributed by atoms with Gasteiger partial charge in [-0.1, -0.05) is 18.2 Å². The van der Waals surface area contributed by atoms with Crippen LogP contribution in [0, 0.1) is 0 Å². The molecule has 2 aromatic carbocycles. The standard InChI is InChI=1S/C18H12N4O2S/c23-10-13-9-12-3-1-2-4-15(12)19-17(13)25-18-20-16(21-22-18)11-5-7-14(24)8-6-11/h1-10,24H,(H,20,21,22). The van der Waals surface area contributed by atoms with Gasteiger partial charge in [0.2, 0.25) is 5.16 Å². The number of aldehydes is 1. The molecule has 2 N–H and O–H groups in total. The number of hydrogen-bond donors (Lipinski definition) is 2. The average Bonchev–Trinajstić information content (AvgIpc) is 3.10. The minimum atomic E-state index is 0.189. The highest BCUT2D eigenvalue weighted by molar-refractivity contribution is 7.99. The van der Waals surface area contributed by atoms with Crippen LogP contribution >= 0.6 is 11.8 Å². The number of H-pyrrole nitrogens is 1. The summed E-state index contributed by atoms with van der Waals surface area (Å²) >= 11 is 1.23. The third kappa shape index (κ3) is 3.09. The first-order chi connectivity index (χ1) is 12.2. The van der Waals surface area contributed by atoms with Gasteiger partial charge in [0.05, 0.1) is 5.52 Å². The maximum Gasteiger partial charge on any atom is 0.215 e. The Kier molecular flexibility index (Phi) is 3.91. The van der Waals surface area contributed by atoms with Crippen molar-refractivity contribution in [2.45, 2.75) is 10.2 Å². The van der Waals surface area contributed by atoms with Gasteiger partial charge >= 0.3 is 0 Å². The number of phenolic OH excluding ortho intramolecular Hbond substituents is 1. The maximum atomic E-state index is 11.4. The molecule has 0 unspecified atom stereocenters. The van der Waals surface area contributed by atoms with E-state index in [2.05, 4.69) is 20.2 Å². The van der Waals surface area contributed by atoms with E-state index >= 15 is 0 Å². The van der Waals surface area contributed by atoms with E-state index in [1.54, 1.807) is 24.3 Å². The number of carbonyl (C=O) groups is 1. The van der Waals surface area contributed by atoms with E-state index in [4.69, 9.17) is 0 Å². The van der Waals surface area contributed by atoms with Crippen molar-refractivity contribution in [1.29, 1.82) is 0 Å². The molecule has 2 aromatic heterocycles. The van der Waals surface area contributed by atoms with E-state index in [0.29, 0.717) is 21.6 Å². The lowest BCUT2D eigenvalue weighted by Crippen LogP contribution is -1.92. The zero-order chi connectivity index (χ0) is 17.2. The molecule has 0 amide bonds. The third-order valence-corrected chi connectivity index (χ3v) is 4.52. The number of nitrogens with zero attached hydrogens (tertiary/aromatic N) is 3. The number of nitrogens with one attached hydrogen (secondary N) is 1. The van der Waals surface area contributed by atoms with Crippen molar-refractivity contribution in [3.05, 3.63) is 60.2 Å². The van der Waals surface area contributed by atoms with E-state index in [1.807, 2.05) is 30.3 Å². The topological polar surface area (TPSA) is 91.8 Å². The molecule has 0 radical (unpaired) electrons. The number of phenols is 1. The zero-order valence-electron chi connectivity index (χ0n) is 12.9. The molecule has 0 saturated carbocycles. The van der Waals surface area contributed by atoms with Crippen LogP contribution in [0.4, 0.5) is 0 Å². The van der Waals surface area contributed by atoms with Crippen LogP contribution in [0.5, 0.6) is 5.75 Å². The summed E-state index contributed by atoms with van der Waals surface area (Å²) in [6.45, 7) is 0. The van der Waals surface area contributed by atoms with Gasteiger partial charge < -0.3 is 5.11 Å². The van der Waals surface area contributed by atoms with E-state index in [-0.39, 0.29) is 5.75 Å². The summed E-state index contributed by atoms with van der Waals surface area (Å²) in [5, 5.41) is 18.3. The second-order valence-electron chi connectivity index (χ2n) is 5.31. The fraction of sp³-hybridized carbons (Fsp3) is 0. The zero-order valence-corrected chi connectivity index (χ0v) is 13.7. The number of fused-ring (bicyclic) bond motifs is 1. The molecular formula is C18H12N4O2S. The van der Waals surface area contributed by atoms with Crippen LogP contribution in [0.25, 0.3) is 22.3 Å². The number of aromatic nitrogens is 4. The first-order valence-corrected chi connectivity index (χ1v) is 8.29. The molecule has 0 atom stereocenters. The summed E-state index contributed by atoms with van der Waals surface area (Å²) in [5.74, 6) is 0.768. The molecule has 122 valence electrons. The molecule has 7 heteroatoms. The molecule has 0 fully saturated rings. The maximum absolute atomic E-state index is 11.4. The van der Waals surface area contributed by atoms with E-state index < -0.39 is 0 Å². The minimum Gasteiger partial charge on any atom is -0.508 e. The number of para-hydroxylation sites is 1. The molecule has 0 spiro atoms. The van der Waals surface area contributed by atoms with Gasteiger partial charge in [-0.2, -0.15) is 0 Å². The largest absolute Gasteiger partial charge is 0.508 e. The summed E-state index contributed by atoms with van der Waals surface area (Å²) < 4.78 is 0. The van der Waals surface area contributed by atoms with Crippen molar-refractivity contribution in [3.63, 3.8) is 0 Å². The first-order valence-electron chi connectivity index (χ1n) is 7.47. The van der Waals surface area contributed by atoms with Crippen molar-refractivity contribution in [2.75, 3.05) is 0 Å². The minimum absolute atomic E-state index is 0.189. The molecule has 4 rings (SSSR count). The van der Waals surface area contributed by atoms with Crippen LogP contribution in [0.2, 0.25) is 0 Å². The monoisotopic (exact) mass is 348 g/mol. The molecule has 2 heterocycles. The number of hydrogen-bond acceptors (Lipinski definition) is 6. The average molecular weight is 348 g/mol. The Labute approximate surface area is 147 Å². The van der Waals surface area contributed by atoms with Crippen molar-refractivity contribution >= 4 is 29.0 Å². The van der Waals surface area contributed by atoms with Crippen LogP contribution in [0.3, 0.4) is 0 Å². The second-order valence-corrected chi connectivity index (χ2v) is 6.26. The lowest BCUT2D eigenvalue weighted by atomic mass is 10.2. The highest BCUT2D eigenvalue weighted by atomic mass is 32.2. The van der Waals surface area contributed by atoms with Gasteiger partial charge in [-0.3, -0.25) is 9.89 Å². The summed E-state index contributed by atoms with van der Waals surface area (Å²) in [4.78, 5) is 20.4. The van der Waals surface area contributed by atoms with Gasteiger partial charge in [0.1, 0.15) is 10.8 Å². The van der Waals surface area contributed by atoms with Crippen LogP contribution in [-0.2, 0) is 0 Å². The van der Waals surface area contributed by atoms with Gasteiger partial charge in [0, 0.05) is 16.5 Å². The Balaban J connectivity index is 1.67. The van der Waals surface area contributed by atoms with Crippen LogP contribution < -0.4 is 0 Å². The fourth-order valence-electron chi connectivity index (χ4n) is 2.41.